The Morgan fingerprint density at radius 1 is 1.26 bits per heavy atom. The van der Waals surface area contributed by atoms with Gasteiger partial charge in [-0.3, -0.25) is 14.4 Å². The Kier molecular flexibility index (Phi) is 3.73. The smallest absolute Gasteiger partial charge is 0.262 e. The van der Waals surface area contributed by atoms with E-state index in [2.05, 4.69) is 5.32 Å². The highest BCUT2D eigenvalue weighted by Gasteiger charge is 2.22. The van der Waals surface area contributed by atoms with Crippen LogP contribution in [0, 0.1) is 6.92 Å². The van der Waals surface area contributed by atoms with E-state index in [0.717, 1.165) is 0 Å². The molecule has 1 unspecified atom stereocenters. The van der Waals surface area contributed by atoms with E-state index in [-0.39, 0.29) is 23.9 Å². The molecule has 1 aliphatic heterocycles. The molecule has 1 N–H and O–H groups in total. The van der Waals surface area contributed by atoms with E-state index in [1.165, 1.54) is 10.6 Å². The zero-order valence-corrected chi connectivity index (χ0v) is 12.8. The normalized spacial score (nSPS) is 14.4. The molecule has 2 aromatic rings. The number of hydrogen-bond acceptors (Lipinski definition) is 4. The first-order valence-corrected chi connectivity index (χ1v) is 7.26. The predicted octanol–water partition coefficient (Wildman–Crippen LogP) is 1.93. The van der Waals surface area contributed by atoms with Crippen molar-refractivity contribution in [2.45, 2.75) is 19.9 Å². The fourth-order valence-electron chi connectivity index (χ4n) is 2.70. The number of aromatic nitrogens is 1. The molecule has 6 nitrogen and oxygen atoms in total. The highest BCUT2D eigenvalue weighted by Crippen LogP contribution is 2.29. The van der Waals surface area contributed by atoms with Gasteiger partial charge in [-0.1, -0.05) is 6.07 Å². The summed E-state index contributed by atoms with van der Waals surface area (Å²) in [7, 11) is 0. The van der Waals surface area contributed by atoms with Gasteiger partial charge in [0.15, 0.2) is 12.4 Å². The highest BCUT2D eigenvalue weighted by atomic mass is 16.5. The largest absolute Gasteiger partial charge is 0.482 e. The lowest BCUT2D eigenvalue weighted by molar-refractivity contribution is -0.118. The van der Waals surface area contributed by atoms with Crippen molar-refractivity contribution in [1.29, 1.82) is 0 Å². The monoisotopic (exact) mass is 312 g/mol. The van der Waals surface area contributed by atoms with E-state index in [1.807, 2.05) is 0 Å². The van der Waals surface area contributed by atoms with Crippen molar-refractivity contribution in [3.05, 3.63) is 58.0 Å². The van der Waals surface area contributed by atoms with E-state index < -0.39 is 6.04 Å². The molecule has 1 aromatic heterocycles. The van der Waals surface area contributed by atoms with Crippen molar-refractivity contribution < 1.29 is 14.3 Å². The fraction of sp³-hybridized carbons (Fsp3) is 0.235. The van der Waals surface area contributed by atoms with Crippen LogP contribution >= 0.6 is 0 Å². The summed E-state index contributed by atoms with van der Waals surface area (Å²) in [6.45, 7) is 3.44. The molecule has 0 bridgehead atoms. The Morgan fingerprint density at radius 3 is 2.78 bits per heavy atom. The molecule has 1 aliphatic rings. The van der Waals surface area contributed by atoms with Gasteiger partial charge < -0.3 is 14.6 Å². The van der Waals surface area contributed by atoms with E-state index in [4.69, 9.17) is 4.74 Å². The first-order chi connectivity index (χ1) is 11.0. The minimum Gasteiger partial charge on any atom is -0.482 e. The van der Waals surface area contributed by atoms with Crippen LogP contribution in [0.4, 0.5) is 5.69 Å². The van der Waals surface area contributed by atoms with E-state index >= 15 is 0 Å². The second kappa shape index (κ2) is 5.72. The molecule has 3 rings (SSSR count). The van der Waals surface area contributed by atoms with E-state index in [0.29, 0.717) is 22.7 Å². The SMILES string of the molecule is Cc1cccc(=O)n1C(C)C(=O)c1ccc2c(c1)NC(=O)CO2. The Morgan fingerprint density at radius 2 is 2.04 bits per heavy atom. The van der Waals surface area contributed by atoms with Gasteiger partial charge in [0, 0.05) is 17.3 Å². The van der Waals surface area contributed by atoms with E-state index in [9.17, 15) is 14.4 Å². The molecular formula is C17H16N2O4. The fourth-order valence-corrected chi connectivity index (χ4v) is 2.70. The maximum absolute atomic E-state index is 12.7. The first kappa shape index (κ1) is 15.0. The van der Waals surface area contributed by atoms with Gasteiger partial charge in [0.2, 0.25) is 0 Å². The molecule has 1 atom stereocenters. The maximum atomic E-state index is 12.7. The van der Waals surface area contributed by atoms with Crippen LogP contribution in [0.25, 0.3) is 0 Å². The molecule has 0 radical (unpaired) electrons. The first-order valence-electron chi connectivity index (χ1n) is 7.26. The van der Waals surface area contributed by atoms with Crippen LogP contribution in [0.1, 0.15) is 29.0 Å². The zero-order valence-electron chi connectivity index (χ0n) is 12.8. The van der Waals surface area contributed by atoms with Crippen molar-refractivity contribution in [3.63, 3.8) is 0 Å². The Bertz CT molecular complexity index is 854. The van der Waals surface area contributed by atoms with Crippen LogP contribution in [0.2, 0.25) is 0 Å². The van der Waals surface area contributed by atoms with Crippen LogP contribution in [0.15, 0.2) is 41.2 Å². The molecule has 118 valence electrons. The Hall–Kier alpha value is -2.89. The number of carbonyl (C=O) groups is 2. The minimum atomic E-state index is -0.637. The van der Waals surface area contributed by atoms with Crippen molar-refractivity contribution in [2.75, 3.05) is 11.9 Å². The van der Waals surface area contributed by atoms with Crippen LogP contribution in [-0.4, -0.2) is 22.9 Å². The van der Waals surface area contributed by atoms with Crippen LogP contribution in [0.5, 0.6) is 5.75 Å². The quantitative estimate of drug-likeness (QED) is 0.879. The van der Waals surface area contributed by atoms with Gasteiger partial charge in [0.1, 0.15) is 5.75 Å². The molecule has 1 amide bonds. The molecule has 6 heteroatoms. The average Bonchev–Trinajstić information content (AvgIpc) is 2.53. The average molecular weight is 312 g/mol. The van der Waals surface area contributed by atoms with Gasteiger partial charge in [-0.25, -0.2) is 0 Å². The van der Waals surface area contributed by atoms with Gasteiger partial charge in [0.05, 0.1) is 11.7 Å². The third-order valence-electron chi connectivity index (χ3n) is 3.86. The lowest BCUT2D eigenvalue weighted by Gasteiger charge is -2.20. The summed E-state index contributed by atoms with van der Waals surface area (Å²) in [6, 6.07) is 9.10. The number of ether oxygens (including phenoxy) is 1. The number of hydrogen-bond donors (Lipinski definition) is 1. The molecule has 0 spiro atoms. The molecule has 0 saturated heterocycles. The van der Waals surface area contributed by atoms with Gasteiger partial charge in [-0.15, -0.1) is 0 Å². The Balaban J connectivity index is 1.96. The maximum Gasteiger partial charge on any atom is 0.262 e. The number of rotatable bonds is 3. The van der Waals surface area contributed by atoms with Crippen molar-refractivity contribution in [1.82, 2.24) is 4.57 Å². The number of amides is 1. The van der Waals surface area contributed by atoms with Crippen LogP contribution < -0.4 is 15.6 Å². The summed E-state index contributed by atoms with van der Waals surface area (Å²) in [6.07, 6.45) is 0. The summed E-state index contributed by atoms with van der Waals surface area (Å²) in [4.78, 5) is 36.1. The van der Waals surface area contributed by atoms with Crippen LogP contribution in [0.3, 0.4) is 0 Å². The number of Topliss-reactive ketones (excluding diaryl/α,β-unsaturated/α-hetero) is 1. The molecule has 0 fully saturated rings. The van der Waals surface area contributed by atoms with E-state index in [1.54, 1.807) is 44.2 Å². The topological polar surface area (TPSA) is 77.4 Å². The predicted molar refractivity (Wildman–Crippen MR) is 85.0 cm³/mol. The number of nitrogens with one attached hydrogen (secondary N) is 1. The van der Waals surface area contributed by atoms with Gasteiger partial charge in [-0.2, -0.15) is 0 Å². The lowest BCUT2D eigenvalue weighted by Crippen LogP contribution is -2.29. The zero-order chi connectivity index (χ0) is 16.6. The third kappa shape index (κ3) is 2.75. The highest BCUT2D eigenvalue weighted by molar-refractivity contribution is 6.02. The molecule has 23 heavy (non-hydrogen) atoms. The van der Waals surface area contributed by atoms with Gasteiger partial charge >= 0.3 is 0 Å². The number of benzene rings is 1. The Labute approximate surface area is 132 Å². The van der Waals surface area contributed by atoms with Crippen molar-refractivity contribution in [3.8, 4) is 5.75 Å². The number of carbonyl (C=O) groups excluding carboxylic acids is 2. The second-order valence-corrected chi connectivity index (χ2v) is 5.46. The molecule has 2 heterocycles. The van der Waals surface area contributed by atoms with Gasteiger partial charge in [-0.05, 0) is 38.1 Å². The lowest BCUT2D eigenvalue weighted by atomic mass is 10.0. The summed E-state index contributed by atoms with van der Waals surface area (Å²) in [5.74, 6) is 0.0659. The minimum absolute atomic E-state index is 0.0324. The van der Waals surface area contributed by atoms with Crippen LogP contribution in [-0.2, 0) is 4.79 Å². The molecule has 0 saturated carbocycles. The number of pyridine rings is 1. The molecule has 0 aliphatic carbocycles. The molecule has 1 aromatic carbocycles. The standard InChI is InChI=1S/C17H16N2O4/c1-10-4-3-5-16(21)19(10)11(2)17(22)12-6-7-14-13(8-12)18-15(20)9-23-14/h3-8,11H,9H2,1-2H3,(H,18,20). The van der Waals surface area contributed by atoms with Crippen molar-refractivity contribution in [2.24, 2.45) is 0 Å². The third-order valence-corrected chi connectivity index (χ3v) is 3.86. The number of anilines is 1. The number of fused-ring (bicyclic) bond motifs is 1. The number of aryl methyl sites for hydroxylation is 1. The second-order valence-electron chi connectivity index (χ2n) is 5.46. The molecular weight excluding hydrogens is 296 g/mol. The summed E-state index contributed by atoms with van der Waals surface area (Å²) < 4.78 is 6.73. The summed E-state index contributed by atoms with van der Waals surface area (Å²) in [5.41, 5.74) is 1.38. The number of ketones is 1. The number of nitrogens with zero attached hydrogens (tertiary/aromatic N) is 1. The summed E-state index contributed by atoms with van der Waals surface area (Å²) in [5, 5.41) is 2.67. The summed E-state index contributed by atoms with van der Waals surface area (Å²) >= 11 is 0. The van der Waals surface area contributed by atoms with Gasteiger partial charge in [0.25, 0.3) is 11.5 Å². The van der Waals surface area contributed by atoms with Crippen molar-refractivity contribution >= 4 is 17.4 Å².